The van der Waals surface area contributed by atoms with E-state index in [1.807, 2.05) is 19.1 Å². The maximum atomic E-state index is 12.3. The Balaban J connectivity index is 1.79. The van der Waals surface area contributed by atoms with Crippen LogP contribution < -0.4 is 10.0 Å². The van der Waals surface area contributed by atoms with Crippen molar-refractivity contribution < 1.29 is 27.5 Å². The Labute approximate surface area is 169 Å². The standard InChI is InChI=1S/C20H22N2O6S/c1-14-6-3-4-9-18(14)22-19(24)13-28-20(25)10-11-21-29(26,27)17-8-5-7-16(12-17)15(2)23/h3-9,12,21H,10-11,13H2,1-2H3,(H,22,24). The van der Waals surface area contributed by atoms with Crippen LogP contribution in [0.15, 0.2) is 53.4 Å². The first kappa shape index (κ1) is 22.3. The number of ether oxygens (including phenoxy) is 1. The van der Waals surface area contributed by atoms with Gasteiger partial charge in [0.2, 0.25) is 10.0 Å². The molecule has 8 nitrogen and oxygen atoms in total. The average molecular weight is 418 g/mol. The molecule has 154 valence electrons. The van der Waals surface area contributed by atoms with Gasteiger partial charge in [-0.3, -0.25) is 14.4 Å². The number of para-hydroxylation sites is 1. The Morgan fingerprint density at radius 2 is 1.76 bits per heavy atom. The summed E-state index contributed by atoms with van der Waals surface area (Å²) in [5.74, 6) is -1.46. The number of esters is 1. The summed E-state index contributed by atoms with van der Waals surface area (Å²) in [5.41, 5.74) is 1.76. The lowest BCUT2D eigenvalue weighted by atomic mass is 10.2. The molecule has 0 aromatic heterocycles. The van der Waals surface area contributed by atoms with Crippen molar-refractivity contribution in [3.8, 4) is 0 Å². The number of carbonyl (C=O) groups is 3. The molecule has 2 aromatic carbocycles. The lowest BCUT2D eigenvalue weighted by molar-refractivity contribution is -0.147. The molecular weight excluding hydrogens is 396 g/mol. The highest BCUT2D eigenvalue weighted by Crippen LogP contribution is 2.13. The van der Waals surface area contributed by atoms with Gasteiger partial charge in [0, 0.05) is 17.8 Å². The highest BCUT2D eigenvalue weighted by molar-refractivity contribution is 7.89. The molecule has 0 heterocycles. The summed E-state index contributed by atoms with van der Waals surface area (Å²) in [6, 6.07) is 12.8. The van der Waals surface area contributed by atoms with E-state index in [4.69, 9.17) is 4.74 Å². The molecule has 0 unspecified atom stereocenters. The van der Waals surface area contributed by atoms with Gasteiger partial charge in [-0.2, -0.15) is 0 Å². The molecule has 2 aromatic rings. The fourth-order valence-electron chi connectivity index (χ4n) is 2.37. The Kier molecular flexibility index (Phi) is 7.63. The van der Waals surface area contributed by atoms with Gasteiger partial charge in [0.15, 0.2) is 12.4 Å². The number of ketones is 1. The number of hydrogen-bond donors (Lipinski definition) is 2. The van der Waals surface area contributed by atoms with Crippen molar-refractivity contribution >= 4 is 33.4 Å². The van der Waals surface area contributed by atoms with Gasteiger partial charge >= 0.3 is 5.97 Å². The fraction of sp³-hybridized carbons (Fsp3) is 0.250. The highest BCUT2D eigenvalue weighted by atomic mass is 32.2. The Bertz CT molecular complexity index is 1020. The van der Waals surface area contributed by atoms with Crippen molar-refractivity contribution in [2.45, 2.75) is 25.2 Å². The van der Waals surface area contributed by atoms with E-state index in [0.717, 1.165) is 5.56 Å². The molecule has 0 bridgehead atoms. The van der Waals surface area contributed by atoms with Gasteiger partial charge in [0.1, 0.15) is 0 Å². The smallest absolute Gasteiger partial charge is 0.307 e. The summed E-state index contributed by atoms with van der Waals surface area (Å²) in [5, 5.41) is 2.63. The maximum absolute atomic E-state index is 12.3. The number of amides is 1. The minimum Gasteiger partial charge on any atom is -0.456 e. The quantitative estimate of drug-likeness (QED) is 0.475. The summed E-state index contributed by atoms with van der Waals surface area (Å²) in [7, 11) is -3.88. The van der Waals surface area contributed by atoms with Gasteiger partial charge in [-0.05, 0) is 37.6 Å². The van der Waals surface area contributed by atoms with Gasteiger partial charge in [0.05, 0.1) is 11.3 Å². The number of rotatable bonds is 9. The third-order valence-electron chi connectivity index (χ3n) is 3.96. The average Bonchev–Trinajstić information content (AvgIpc) is 2.68. The zero-order valence-electron chi connectivity index (χ0n) is 16.1. The summed E-state index contributed by atoms with van der Waals surface area (Å²) < 4.78 is 31.6. The van der Waals surface area contributed by atoms with Gasteiger partial charge in [-0.1, -0.05) is 30.3 Å². The predicted octanol–water partition coefficient (Wildman–Crippen LogP) is 2.05. The van der Waals surface area contributed by atoms with E-state index in [1.54, 1.807) is 12.1 Å². The third-order valence-corrected chi connectivity index (χ3v) is 5.41. The van der Waals surface area contributed by atoms with E-state index >= 15 is 0 Å². The summed E-state index contributed by atoms with van der Waals surface area (Å²) >= 11 is 0. The number of aryl methyl sites for hydroxylation is 1. The van der Waals surface area contributed by atoms with Crippen LogP contribution in [-0.2, 0) is 24.3 Å². The van der Waals surface area contributed by atoms with Crippen LogP contribution in [0.3, 0.4) is 0 Å². The number of carbonyl (C=O) groups excluding carboxylic acids is 3. The molecule has 0 saturated carbocycles. The zero-order valence-corrected chi connectivity index (χ0v) is 16.9. The van der Waals surface area contributed by atoms with Crippen LogP contribution >= 0.6 is 0 Å². The maximum Gasteiger partial charge on any atom is 0.307 e. The molecule has 0 radical (unpaired) electrons. The topological polar surface area (TPSA) is 119 Å². The van der Waals surface area contributed by atoms with Crippen LogP contribution in [0.4, 0.5) is 5.69 Å². The lowest BCUT2D eigenvalue weighted by Crippen LogP contribution is -2.28. The molecule has 0 aliphatic heterocycles. The number of nitrogens with one attached hydrogen (secondary N) is 2. The van der Waals surface area contributed by atoms with E-state index in [2.05, 4.69) is 10.0 Å². The second kappa shape index (κ2) is 9.94. The largest absolute Gasteiger partial charge is 0.456 e. The van der Waals surface area contributed by atoms with Gasteiger partial charge in [-0.15, -0.1) is 0 Å². The van der Waals surface area contributed by atoms with E-state index in [-0.39, 0.29) is 29.2 Å². The number of Topliss-reactive ketones (excluding diaryl/α,β-unsaturated/α-hetero) is 1. The molecule has 1 amide bonds. The first-order valence-electron chi connectivity index (χ1n) is 8.81. The number of sulfonamides is 1. The Morgan fingerprint density at radius 1 is 1.03 bits per heavy atom. The second-order valence-corrected chi connectivity index (χ2v) is 8.02. The van der Waals surface area contributed by atoms with Gasteiger partial charge in [-0.25, -0.2) is 13.1 Å². The van der Waals surface area contributed by atoms with E-state index in [1.165, 1.54) is 31.2 Å². The minimum absolute atomic E-state index is 0.0730. The van der Waals surface area contributed by atoms with E-state index < -0.39 is 28.5 Å². The van der Waals surface area contributed by atoms with Crippen molar-refractivity contribution in [3.63, 3.8) is 0 Å². The number of hydrogen-bond acceptors (Lipinski definition) is 6. The first-order chi connectivity index (χ1) is 13.7. The third kappa shape index (κ3) is 6.81. The second-order valence-electron chi connectivity index (χ2n) is 6.26. The molecule has 2 N–H and O–H groups in total. The van der Waals surface area contributed by atoms with Crippen LogP contribution in [0.25, 0.3) is 0 Å². The van der Waals surface area contributed by atoms with Crippen molar-refractivity contribution in [1.29, 1.82) is 0 Å². The molecule has 0 fully saturated rings. The predicted molar refractivity (Wildman–Crippen MR) is 107 cm³/mol. The molecular formula is C20H22N2O6S. The van der Waals surface area contributed by atoms with Crippen LogP contribution in [0.5, 0.6) is 0 Å². The van der Waals surface area contributed by atoms with Crippen molar-refractivity contribution in [1.82, 2.24) is 4.72 Å². The summed E-state index contributed by atoms with van der Waals surface area (Å²) in [4.78, 5) is 34.9. The first-order valence-corrected chi connectivity index (χ1v) is 10.3. The van der Waals surface area contributed by atoms with E-state index in [0.29, 0.717) is 5.69 Å². The molecule has 0 aliphatic rings. The fourth-order valence-corrected chi connectivity index (χ4v) is 3.45. The number of benzene rings is 2. The molecule has 9 heteroatoms. The normalized spacial score (nSPS) is 11.0. The van der Waals surface area contributed by atoms with Crippen LogP contribution in [-0.4, -0.2) is 39.2 Å². The van der Waals surface area contributed by atoms with E-state index in [9.17, 15) is 22.8 Å². The monoisotopic (exact) mass is 418 g/mol. The molecule has 29 heavy (non-hydrogen) atoms. The molecule has 0 atom stereocenters. The lowest BCUT2D eigenvalue weighted by Gasteiger charge is -2.09. The molecule has 0 aliphatic carbocycles. The minimum atomic E-state index is -3.88. The van der Waals surface area contributed by atoms with Crippen LogP contribution in [0.1, 0.15) is 29.3 Å². The Hall–Kier alpha value is -3.04. The Morgan fingerprint density at radius 3 is 2.45 bits per heavy atom. The van der Waals surface area contributed by atoms with Crippen molar-refractivity contribution in [3.05, 3.63) is 59.7 Å². The van der Waals surface area contributed by atoms with Gasteiger partial charge in [0.25, 0.3) is 5.91 Å². The van der Waals surface area contributed by atoms with Crippen LogP contribution in [0, 0.1) is 6.92 Å². The summed E-state index contributed by atoms with van der Waals surface area (Å²) in [6.07, 6.45) is -0.247. The summed E-state index contributed by atoms with van der Waals surface area (Å²) in [6.45, 7) is 2.50. The zero-order chi connectivity index (χ0) is 21.4. The van der Waals surface area contributed by atoms with Gasteiger partial charge < -0.3 is 10.1 Å². The van der Waals surface area contributed by atoms with Crippen LogP contribution in [0.2, 0.25) is 0 Å². The highest BCUT2D eigenvalue weighted by Gasteiger charge is 2.16. The molecule has 0 saturated heterocycles. The molecule has 0 spiro atoms. The van der Waals surface area contributed by atoms with Crippen molar-refractivity contribution in [2.24, 2.45) is 0 Å². The number of anilines is 1. The van der Waals surface area contributed by atoms with Crippen molar-refractivity contribution in [2.75, 3.05) is 18.5 Å². The SMILES string of the molecule is CC(=O)c1cccc(S(=O)(=O)NCCC(=O)OCC(=O)Nc2ccccc2C)c1. The molecule has 2 rings (SSSR count).